The number of amides is 2. The third-order valence-electron chi connectivity index (χ3n) is 5.82. The van der Waals surface area contributed by atoms with Crippen LogP contribution >= 0.6 is 0 Å². The first-order chi connectivity index (χ1) is 15.6. The maximum absolute atomic E-state index is 12.5. The van der Waals surface area contributed by atoms with Gasteiger partial charge in [-0.1, -0.05) is 30.3 Å². The summed E-state index contributed by atoms with van der Waals surface area (Å²) in [5, 5.41) is 5.59. The fraction of sp³-hybridized carbons (Fsp3) is 0.462. The Morgan fingerprint density at radius 2 is 1.52 bits per heavy atom. The SMILES string of the molecule is CN(C)c1ccc(C(CNC(=O)C(=O)NC(C)(C)C)N2CCN(c3ccccc3)CC2)cc1. The molecule has 1 aliphatic heterocycles. The number of nitrogens with one attached hydrogen (secondary N) is 2. The van der Waals surface area contributed by atoms with Crippen molar-refractivity contribution < 1.29 is 9.59 Å². The Bertz CT molecular complexity index is 914. The molecule has 3 rings (SSSR count). The lowest BCUT2D eigenvalue weighted by Crippen LogP contribution is -2.52. The van der Waals surface area contributed by atoms with Gasteiger partial charge in [0.1, 0.15) is 0 Å². The van der Waals surface area contributed by atoms with Crippen LogP contribution in [0.15, 0.2) is 54.6 Å². The van der Waals surface area contributed by atoms with E-state index in [0.29, 0.717) is 6.54 Å². The molecule has 0 aliphatic carbocycles. The average molecular weight is 452 g/mol. The number of nitrogens with zero attached hydrogens (tertiary/aromatic N) is 3. The van der Waals surface area contributed by atoms with Gasteiger partial charge < -0.3 is 20.4 Å². The summed E-state index contributed by atoms with van der Waals surface area (Å²) in [5.74, 6) is -1.19. The fourth-order valence-electron chi connectivity index (χ4n) is 4.05. The molecular formula is C26H37N5O2. The van der Waals surface area contributed by atoms with Crippen LogP contribution in [-0.2, 0) is 9.59 Å². The molecule has 2 amide bonds. The first kappa shape index (κ1) is 24.6. The molecule has 0 radical (unpaired) electrons. The van der Waals surface area contributed by atoms with Crippen LogP contribution in [0.25, 0.3) is 0 Å². The van der Waals surface area contributed by atoms with E-state index in [1.807, 2.05) is 40.9 Å². The highest BCUT2D eigenvalue weighted by Gasteiger charge is 2.27. The van der Waals surface area contributed by atoms with E-state index in [1.165, 1.54) is 5.69 Å². The Morgan fingerprint density at radius 3 is 2.06 bits per heavy atom. The van der Waals surface area contributed by atoms with E-state index in [9.17, 15) is 9.59 Å². The standard InChI is InChI=1S/C26H37N5O2/c1-26(2,3)28-25(33)24(32)27-19-23(20-11-13-21(14-12-20)29(4)5)31-17-15-30(16-18-31)22-9-7-6-8-10-22/h6-14,23H,15-19H2,1-5H3,(H,27,32)(H,28,33). The van der Waals surface area contributed by atoms with Crippen molar-refractivity contribution in [3.05, 3.63) is 60.2 Å². The molecule has 1 saturated heterocycles. The van der Waals surface area contributed by atoms with E-state index in [4.69, 9.17) is 0 Å². The predicted octanol–water partition coefficient (Wildman–Crippen LogP) is 2.65. The van der Waals surface area contributed by atoms with Crippen LogP contribution in [0.4, 0.5) is 11.4 Å². The molecular weight excluding hydrogens is 414 g/mol. The Labute approximate surface area is 197 Å². The Hall–Kier alpha value is -3.06. The lowest BCUT2D eigenvalue weighted by Gasteiger charge is -2.40. The van der Waals surface area contributed by atoms with Crippen molar-refractivity contribution >= 4 is 23.2 Å². The van der Waals surface area contributed by atoms with E-state index < -0.39 is 17.4 Å². The molecule has 2 aromatic rings. The number of rotatable bonds is 6. The van der Waals surface area contributed by atoms with Crippen molar-refractivity contribution in [1.82, 2.24) is 15.5 Å². The van der Waals surface area contributed by atoms with E-state index in [-0.39, 0.29) is 6.04 Å². The number of hydrogen-bond donors (Lipinski definition) is 2. The Balaban J connectivity index is 1.71. The minimum absolute atomic E-state index is 0.00878. The topological polar surface area (TPSA) is 67.9 Å². The molecule has 7 heteroatoms. The van der Waals surface area contributed by atoms with Gasteiger partial charge in [-0.25, -0.2) is 0 Å². The summed E-state index contributed by atoms with van der Waals surface area (Å²) >= 11 is 0. The van der Waals surface area contributed by atoms with Crippen LogP contribution in [0, 0.1) is 0 Å². The lowest BCUT2D eigenvalue weighted by molar-refractivity contribution is -0.140. The third-order valence-corrected chi connectivity index (χ3v) is 5.82. The van der Waals surface area contributed by atoms with E-state index in [2.05, 4.69) is 73.9 Å². The molecule has 0 aromatic heterocycles. The van der Waals surface area contributed by atoms with Gasteiger partial charge in [-0.2, -0.15) is 0 Å². The van der Waals surface area contributed by atoms with Gasteiger partial charge in [0.05, 0.1) is 6.04 Å². The Morgan fingerprint density at radius 1 is 0.909 bits per heavy atom. The van der Waals surface area contributed by atoms with Crippen LogP contribution in [0.3, 0.4) is 0 Å². The number of benzene rings is 2. The number of anilines is 2. The van der Waals surface area contributed by atoms with Crippen molar-refractivity contribution in [2.75, 3.05) is 56.6 Å². The number of piperazine rings is 1. The minimum atomic E-state index is -0.599. The summed E-state index contributed by atoms with van der Waals surface area (Å²) in [5.41, 5.74) is 3.03. The van der Waals surface area contributed by atoms with Crippen molar-refractivity contribution in [1.29, 1.82) is 0 Å². The summed E-state index contributed by atoms with van der Waals surface area (Å²) < 4.78 is 0. The number of hydrogen-bond acceptors (Lipinski definition) is 5. The highest BCUT2D eigenvalue weighted by atomic mass is 16.2. The molecule has 7 nitrogen and oxygen atoms in total. The molecule has 1 atom stereocenters. The molecule has 0 spiro atoms. The van der Waals surface area contributed by atoms with E-state index in [0.717, 1.165) is 37.4 Å². The molecule has 1 heterocycles. The zero-order chi connectivity index (χ0) is 24.0. The Kier molecular flexibility index (Phi) is 7.97. The summed E-state index contributed by atoms with van der Waals surface area (Å²) in [6, 6.07) is 18.9. The van der Waals surface area contributed by atoms with Gasteiger partial charge in [0, 0.05) is 63.7 Å². The number of carbonyl (C=O) groups is 2. The van der Waals surface area contributed by atoms with Crippen LogP contribution in [0.1, 0.15) is 32.4 Å². The molecule has 2 aromatic carbocycles. The first-order valence-corrected chi connectivity index (χ1v) is 11.6. The van der Waals surface area contributed by atoms with Gasteiger partial charge >= 0.3 is 11.8 Å². The van der Waals surface area contributed by atoms with Gasteiger partial charge in [0.2, 0.25) is 0 Å². The fourth-order valence-corrected chi connectivity index (χ4v) is 4.05. The minimum Gasteiger partial charge on any atom is -0.378 e. The molecule has 1 fully saturated rings. The molecule has 178 valence electrons. The second-order valence-corrected chi connectivity index (χ2v) is 9.77. The molecule has 1 aliphatic rings. The van der Waals surface area contributed by atoms with Gasteiger partial charge in [-0.05, 0) is 50.6 Å². The molecule has 33 heavy (non-hydrogen) atoms. The van der Waals surface area contributed by atoms with Gasteiger partial charge in [0.15, 0.2) is 0 Å². The van der Waals surface area contributed by atoms with Crippen LogP contribution in [-0.4, -0.2) is 69.1 Å². The maximum Gasteiger partial charge on any atom is 0.309 e. The predicted molar refractivity (Wildman–Crippen MR) is 135 cm³/mol. The number of para-hydroxylation sites is 1. The van der Waals surface area contributed by atoms with Crippen LogP contribution < -0.4 is 20.4 Å². The van der Waals surface area contributed by atoms with Gasteiger partial charge in [0.25, 0.3) is 0 Å². The van der Waals surface area contributed by atoms with Gasteiger partial charge in [-0.15, -0.1) is 0 Å². The van der Waals surface area contributed by atoms with Crippen molar-refractivity contribution in [3.8, 4) is 0 Å². The quantitative estimate of drug-likeness (QED) is 0.661. The van der Waals surface area contributed by atoms with Crippen LogP contribution in [0.5, 0.6) is 0 Å². The normalized spacial score (nSPS) is 15.6. The number of carbonyl (C=O) groups excluding carboxylic acids is 2. The summed E-state index contributed by atoms with van der Waals surface area (Å²) in [6.07, 6.45) is 0. The molecule has 1 unspecified atom stereocenters. The summed E-state index contributed by atoms with van der Waals surface area (Å²) in [7, 11) is 4.03. The van der Waals surface area contributed by atoms with Gasteiger partial charge in [-0.3, -0.25) is 14.5 Å². The van der Waals surface area contributed by atoms with Crippen LogP contribution in [0.2, 0.25) is 0 Å². The highest BCUT2D eigenvalue weighted by molar-refractivity contribution is 6.35. The molecule has 0 saturated carbocycles. The molecule has 0 bridgehead atoms. The zero-order valence-electron chi connectivity index (χ0n) is 20.5. The smallest absolute Gasteiger partial charge is 0.309 e. The van der Waals surface area contributed by atoms with Crippen molar-refractivity contribution in [2.24, 2.45) is 0 Å². The van der Waals surface area contributed by atoms with E-state index >= 15 is 0 Å². The highest BCUT2D eigenvalue weighted by Crippen LogP contribution is 2.25. The maximum atomic E-state index is 12.5. The van der Waals surface area contributed by atoms with Crippen molar-refractivity contribution in [2.45, 2.75) is 32.4 Å². The second kappa shape index (κ2) is 10.7. The van der Waals surface area contributed by atoms with E-state index in [1.54, 1.807) is 0 Å². The third kappa shape index (κ3) is 6.96. The first-order valence-electron chi connectivity index (χ1n) is 11.6. The second-order valence-electron chi connectivity index (χ2n) is 9.77. The summed E-state index contributed by atoms with van der Waals surface area (Å²) in [4.78, 5) is 31.6. The molecule has 2 N–H and O–H groups in total. The lowest BCUT2D eigenvalue weighted by atomic mass is 10.0. The monoisotopic (exact) mass is 451 g/mol. The summed E-state index contributed by atoms with van der Waals surface area (Å²) in [6.45, 7) is 9.53. The zero-order valence-corrected chi connectivity index (χ0v) is 20.5. The largest absolute Gasteiger partial charge is 0.378 e. The average Bonchev–Trinajstić information content (AvgIpc) is 2.79. The van der Waals surface area contributed by atoms with Crippen molar-refractivity contribution in [3.63, 3.8) is 0 Å².